The van der Waals surface area contributed by atoms with E-state index >= 15 is 0 Å². The van der Waals surface area contributed by atoms with Crippen LogP contribution in [0.4, 0.5) is 11.5 Å². The number of nitrogens with two attached hydrogens (primary N) is 2. The maximum absolute atomic E-state index is 10.4. The van der Waals surface area contributed by atoms with E-state index in [9.17, 15) is 5.11 Å². The zero-order chi connectivity index (χ0) is 14.4. The largest absolute Gasteiger partial charge is 0.394 e. The Morgan fingerprint density at radius 1 is 1.42 bits per heavy atom. The summed E-state index contributed by atoms with van der Waals surface area (Å²) in [5.74, 6) is 1.75. The summed E-state index contributed by atoms with van der Waals surface area (Å²) < 4.78 is 1.63. The summed E-state index contributed by atoms with van der Waals surface area (Å²) in [5.41, 5.74) is 12.8. The summed E-state index contributed by atoms with van der Waals surface area (Å²) >= 11 is 0. The van der Waals surface area contributed by atoms with Gasteiger partial charge in [0.15, 0.2) is 0 Å². The van der Waals surface area contributed by atoms with Gasteiger partial charge in [-0.05, 0) is 38.0 Å². The van der Waals surface area contributed by atoms with Crippen LogP contribution >= 0.6 is 0 Å². The third kappa shape index (κ3) is 2.56. The Hall–Kier alpha value is -1.23. The van der Waals surface area contributed by atoms with E-state index in [0.29, 0.717) is 29.8 Å². The number of aromatic nitrogens is 2. The number of nitrogens with zero attached hydrogens (tertiary/aromatic N) is 2. The molecule has 0 amide bonds. The molecule has 1 fully saturated rings. The molecule has 0 spiro atoms. The minimum Gasteiger partial charge on any atom is -0.394 e. The molecule has 108 valence electrons. The van der Waals surface area contributed by atoms with Crippen LogP contribution in [0.2, 0.25) is 0 Å². The van der Waals surface area contributed by atoms with E-state index in [0.717, 1.165) is 18.5 Å². The molecule has 3 unspecified atom stereocenters. The molecule has 0 saturated heterocycles. The van der Waals surface area contributed by atoms with E-state index in [-0.39, 0.29) is 5.92 Å². The summed E-state index contributed by atoms with van der Waals surface area (Å²) in [7, 11) is 1.81. The summed E-state index contributed by atoms with van der Waals surface area (Å²) in [6, 6.07) is 0. The Labute approximate surface area is 115 Å². The van der Waals surface area contributed by atoms with Crippen LogP contribution in [-0.2, 0) is 7.05 Å². The fraction of sp³-hybridized carbons (Fsp3) is 0.786. The standard InChI is InChI=1S/C14H26N4O/c1-8(2)9-5-6-14(3,19)7-10(9)12-11(15)13(16)18(4)17-12/h8-10,19H,5-7,15-16H2,1-4H3. The summed E-state index contributed by atoms with van der Waals surface area (Å²) in [5, 5.41) is 14.9. The molecule has 1 aromatic heterocycles. The first-order valence-corrected chi connectivity index (χ1v) is 7.03. The number of aliphatic hydroxyl groups is 1. The summed E-state index contributed by atoms with van der Waals surface area (Å²) in [4.78, 5) is 0. The molecule has 1 aliphatic rings. The lowest BCUT2D eigenvalue weighted by atomic mass is 9.67. The van der Waals surface area contributed by atoms with Gasteiger partial charge >= 0.3 is 0 Å². The van der Waals surface area contributed by atoms with Crippen LogP contribution in [0, 0.1) is 11.8 Å². The van der Waals surface area contributed by atoms with E-state index in [2.05, 4.69) is 18.9 Å². The van der Waals surface area contributed by atoms with Crippen molar-refractivity contribution in [3.63, 3.8) is 0 Å². The third-order valence-corrected chi connectivity index (χ3v) is 4.56. The molecule has 1 heterocycles. The molecular formula is C14H26N4O. The van der Waals surface area contributed by atoms with Gasteiger partial charge < -0.3 is 16.6 Å². The summed E-state index contributed by atoms with van der Waals surface area (Å²) in [6.07, 6.45) is 2.55. The van der Waals surface area contributed by atoms with Crippen molar-refractivity contribution in [2.75, 3.05) is 11.5 Å². The van der Waals surface area contributed by atoms with E-state index < -0.39 is 5.60 Å². The number of anilines is 2. The van der Waals surface area contributed by atoms with Crippen LogP contribution < -0.4 is 11.5 Å². The first-order valence-electron chi connectivity index (χ1n) is 7.03. The zero-order valence-electron chi connectivity index (χ0n) is 12.3. The topological polar surface area (TPSA) is 90.1 Å². The van der Waals surface area contributed by atoms with Crippen LogP contribution in [-0.4, -0.2) is 20.5 Å². The quantitative estimate of drug-likeness (QED) is 0.762. The maximum atomic E-state index is 10.4. The van der Waals surface area contributed by atoms with Gasteiger partial charge in [-0.3, -0.25) is 4.68 Å². The predicted octanol–water partition coefficient (Wildman–Crippen LogP) is 1.88. The Morgan fingerprint density at radius 3 is 2.53 bits per heavy atom. The van der Waals surface area contributed by atoms with E-state index in [1.165, 1.54) is 0 Å². The highest BCUT2D eigenvalue weighted by Gasteiger charge is 2.40. The van der Waals surface area contributed by atoms with Crippen molar-refractivity contribution in [3.05, 3.63) is 5.69 Å². The monoisotopic (exact) mass is 266 g/mol. The minimum absolute atomic E-state index is 0.187. The van der Waals surface area contributed by atoms with E-state index in [4.69, 9.17) is 11.5 Å². The van der Waals surface area contributed by atoms with Crippen LogP contribution in [0.15, 0.2) is 0 Å². The fourth-order valence-corrected chi connectivity index (χ4v) is 3.35. The van der Waals surface area contributed by atoms with E-state index in [1.807, 2.05) is 6.92 Å². The van der Waals surface area contributed by atoms with Gasteiger partial charge in [0.25, 0.3) is 0 Å². The van der Waals surface area contributed by atoms with Crippen LogP contribution in [0.1, 0.15) is 51.6 Å². The fourth-order valence-electron chi connectivity index (χ4n) is 3.35. The molecule has 5 N–H and O–H groups in total. The van der Waals surface area contributed by atoms with E-state index in [1.54, 1.807) is 11.7 Å². The molecule has 5 heteroatoms. The number of hydrogen-bond acceptors (Lipinski definition) is 4. The zero-order valence-corrected chi connectivity index (χ0v) is 12.3. The second kappa shape index (κ2) is 4.71. The predicted molar refractivity (Wildman–Crippen MR) is 77.6 cm³/mol. The number of rotatable bonds is 2. The van der Waals surface area contributed by atoms with Crippen LogP contribution in [0.3, 0.4) is 0 Å². The average Bonchev–Trinajstić information content (AvgIpc) is 2.55. The number of aryl methyl sites for hydroxylation is 1. The molecule has 3 atom stereocenters. The lowest BCUT2D eigenvalue weighted by Crippen LogP contribution is -2.37. The van der Waals surface area contributed by atoms with Crippen molar-refractivity contribution < 1.29 is 5.11 Å². The average molecular weight is 266 g/mol. The van der Waals surface area contributed by atoms with Crippen molar-refractivity contribution in [3.8, 4) is 0 Å². The van der Waals surface area contributed by atoms with Crippen molar-refractivity contribution >= 4 is 11.5 Å². The minimum atomic E-state index is -0.630. The SMILES string of the molecule is CC(C)C1CCC(C)(O)CC1c1nn(C)c(N)c1N. The molecule has 0 radical (unpaired) electrons. The van der Waals surface area contributed by atoms with Gasteiger partial charge in [0, 0.05) is 13.0 Å². The van der Waals surface area contributed by atoms with Crippen molar-refractivity contribution in [1.82, 2.24) is 9.78 Å². The Morgan fingerprint density at radius 2 is 2.05 bits per heavy atom. The molecule has 0 bridgehead atoms. The first-order chi connectivity index (χ1) is 8.73. The Bertz CT molecular complexity index is 464. The normalized spacial score (nSPS) is 31.9. The van der Waals surface area contributed by atoms with Crippen molar-refractivity contribution in [1.29, 1.82) is 0 Å². The van der Waals surface area contributed by atoms with Gasteiger partial charge in [0.05, 0.1) is 17.0 Å². The van der Waals surface area contributed by atoms with Gasteiger partial charge in [-0.2, -0.15) is 5.10 Å². The van der Waals surface area contributed by atoms with Crippen molar-refractivity contribution in [2.45, 2.75) is 51.6 Å². The molecule has 0 aliphatic heterocycles. The highest BCUT2D eigenvalue weighted by atomic mass is 16.3. The van der Waals surface area contributed by atoms with Gasteiger partial charge in [-0.1, -0.05) is 13.8 Å². The number of nitrogen functional groups attached to an aromatic ring is 2. The third-order valence-electron chi connectivity index (χ3n) is 4.56. The lowest BCUT2D eigenvalue weighted by molar-refractivity contribution is -0.0106. The molecule has 5 nitrogen and oxygen atoms in total. The number of hydrogen-bond donors (Lipinski definition) is 3. The van der Waals surface area contributed by atoms with Gasteiger partial charge in [-0.25, -0.2) is 0 Å². The second-order valence-corrected chi connectivity index (χ2v) is 6.56. The summed E-state index contributed by atoms with van der Waals surface area (Å²) in [6.45, 7) is 6.35. The highest BCUT2D eigenvalue weighted by molar-refractivity contribution is 5.63. The Kier molecular flexibility index (Phi) is 3.51. The molecular weight excluding hydrogens is 240 g/mol. The first kappa shape index (κ1) is 14.2. The molecule has 19 heavy (non-hydrogen) atoms. The van der Waals surface area contributed by atoms with Crippen LogP contribution in [0.25, 0.3) is 0 Å². The molecule has 0 aromatic carbocycles. The van der Waals surface area contributed by atoms with Gasteiger partial charge in [-0.15, -0.1) is 0 Å². The van der Waals surface area contributed by atoms with Gasteiger partial charge in [0.1, 0.15) is 5.82 Å². The molecule has 1 aliphatic carbocycles. The highest BCUT2D eigenvalue weighted by Crippen LogP contribution is 2.47. The second-order valence-electron chi connectivity index (χ2n) is 6.56. The lowest BCUT2D eigenvalue weighted by Gasteiger charge is -2.41. The Balaban J connectivity index is 2.39. The van der Waals surface area contributed by atoms with Gasteiger partial charge in [0.2, 0.25) is 0 Å². The molecule has 1 aromatic rings. The maximum Gasteiger partial charge on any atom is 0.145 e. The smallest absolute Gasteiger partial charge is 0.145 e. The van der Waals surface area contributed by atoms with Crippen molar-refractivity contribution in [2.24, 2.45) is 18.9 Å². The van der Waals surface area contributed by atoms with Crippen LogP contribution in [0.5, 0.6) is 0 Å². The molecule has 1 saturated carbocycles. The molecule has 2 rings (SSSR count).